The summed E-state index contributed by atoms with van der Waals surface area (Å²) in [6.07, 6.45) is 4.82. The van der Waals surface area contributed by atoms with Crippen LogP contribution < -0.4 is 14.8 Å². The van der Waals surface area contributed by atoms with Crippen LogP contribution in [0.2, 0.25) is 0 Å². The summed E-state index contributed by atoms with van der Waals surface area (Å²) in [5.74, 6) is 3.77. The molecule has 0 aliphatic heterocycles. The minimum atomic E-state index is -0.357. The van der Waals surface area contributed by atoms with E-state index >= 15 is 0 Å². The molecule has 0 spiro atoms. The van der Waals surface area contributed by atoms with Crippen molar-refractivity contribution in [2.45, 2.75) is 26.5 Å². The summed E-state index contributed by atoms with van der Waals surface area (Å²) < 4.78 is 10.9. The Morgan fingerprint density at radius 2 is 2.16 bits per heavy atom. The Hall–Kier alpha value is -1.70. The Balaban J connectivity index is 2.69. The first-order chi connectivity index (χ1) is 9.17. The highest BCUT2D eigenvalue weighted by molar-refractivity contribution is 5.43. The molecule has 1 rings (SSSR count). The van der Waals surface area contributed by atoms with Crippen molar-refractivity contribution >= 4 is 0 Å². The minimum absolute atomic E-state index is 0.222. The van der Waals surface area contributed by atoms with Gasteiger partial charge >= 0.3 is 0 Å². The predicted molar refractivity (Wildman–Crippen MR) is 75.3 cm³/mol. The van der Waals surface area contributed by atoms with Gasteiger partial charge in [0.2, 0.25) is 0 Å². The Bertz CT molecular complexity index is 424. The molecule has 4 nitrogen and oxygen atoms in total. The molecule has 0 fully saturated rings. The van der Waals surface area contributed by atoms with Crippen molar-refractivity contribution in [1.29, 1.82) is 0 Å². The number of terminal acetylenes is 1. The van der Waals surface area contributed by atoms with Crippen LogP contribution in [0, 0.1) is 12.3 Å². The largest absolute Gasteiger partial charge is 0.490 e. The van der Waals surface area contributed by atoms with E-state index in [1.165, 1.54) is 0 Å². The number of ether oxygens (including phenoxy) is 2. The van der Waals surface area contributed by atoms with Gasteiger partial charge in [0.05, 0.1) is 12.7 Å². The Labute approximate surface area is 114 Å². The molecule has 1 atom stereocenters. The van der Waals surface area contributed by atoms with Gasteiger partial charge in [-0.05, 0) is 31.5 Å². The standard InChI is InChI=1S/C15H21NO3/c1-4-8-19-14-7-6-13(9-15(14)18-5-2)11-16-10-12(3)17/h1,6-7,9,12,16-17H,5,8,10-11H2,2-3H3/t12-/m1/s1. The van der Waals surface area contributed by atoms with Gasteiger partial charge in [-0.25, -0.2) is 0 Å². The molecule has 1 aromatic rings. The van der Waals surface area contributed by atoms with E-state index in [1.54, 1.807) is 6.92 Å². The lowest BCUT2D eigenvalue weighted by Gasteiger charge is -2.13. The van der Waals surface area contributed by atoms with Crippen LogP contribution in [0.5, 0.6) is 11.5 Å². The molecule has 0 aromatic heterocycles. The average Bonchev–Trinajstić information content (AvgIpc) is 2.38. The third-order valence-corrected chi connectivity index (χ3v) is 2.39. The monoisotopic (exact) mass is 263 g/mol. The van der Waals surface area contributed by atoms with Crippen LogP contribution >= 0.6 is 0 Å². The van der Waals surface area contributed by atoms with Gasteiger partial charge in [-0.3, -0.25) is 0 Å². The topological polar surface area (TPSA) is 50.7 Å². The molecular weight excluding hydrogens is 242 g/mol. The summed E-state index contributed by atoms with van der Waals surface area (Å²) in [7, 11) is 0. The van der Waals surface area contributed by atoms with E-state index in [0.717, 1.165) is 5.56 Å². The summed E-state index contributed by atoms with van der Waals surface area (Å²) in [4.78, 5) is 0. The molecule has 4 heteroatoms. The van der Waals surface area contributed by atoms with Crippen molar-refractivity contribution in [3.05, 3.63) is 23.8 Å². The van der Waals surface area contributed by atoms with Crippen molar-refractivity contribution in [2.75, 3.05) is 19.8 Å². The van der Waals surface area contributed by atoms with Gasteiger partial charge < -0.3 is 19.9 Å². The highest BCUT2D eigenvalue weighted by Gasteiger charge is 2.06. The molecule has 2 N–H and O–H groups in total. The van der Waals surface area contributed by atoms with E-state index in [-0.39, 0.29) is 12.7 Å². The minimum Gasteiger partial charge on any atom is -0.490 e. The molecule has 19 heavy (non-hydrogen) atoms. The molecular formula is C15H21NO3. The Kier molecular flexibility index (Phi) is 6.80. The fourth-order valence-electron chi connectivity index (χ4n) is 1.59. The van der Waals surface area contributed by atoms with E-state index in [9.17, 15) is 5.11 Å². The smallest absolute Gasteiger partial charge is 0.162 e. The van der Waals surface area contributed by atoms with E-state index < -0.39 is 0 Å². The van der Waals surface area contributed by atoms with Gasteiger partial charge in [-0.2, -0.15) is 0 Å². The molecule has 0 unspecified atom stereocenters. The molecule has 0 aliphatic rings. The maximum absolute atomic E-state index is 9.18. The molecule has 0 saturated heterocycles. The average molecular weight is 263 g/mol. The number of nitrogens with one attached hydrogen (secondary N) is 1. The molecule has 0 bridgehead atoms. The lowest BCUT2D eigenvalue weighted by atomic mass is 10.2. The molecule has 0 amide bonds. The van der Waals surface area contributed by atoms with Crippen molar-refractivity contribution in [1.82, 2.24) is 5.32 Å². The number of rotatable bonds is 8. The van der Waals surface area contributed by atoms with Crippen LogP contribution in [0.1, 0.15) is 19.4 Å². The molecule has 0 radical (unpaired) electrons. The number of hydrogen-bond donors (Lipinski definition) is 2. The van der Waals surface area contributed by atoms with Gasteiger partial charge in [0.1, 0.15) is 6.61 Å². The Morgan fingerprint density at radius 3 is 2.79 bits per heavy atom. The quantitative estimate of drug-likeness (QED) is 0.699. The van der Waals surface area contributed by atoms with Gasteiger partial charge in [0.15, 0.2) is 11.5 Å². The fourth-order valence-corrected chi connectivity index (χ4v) is 1.59. The van der Waals surface area contributed by atoms with Crippen molar-refractivity contribution in [3.8, 4) is 23.8 Å². The number of hydrogen-bond acceptors (Lipinski definition) is 4. The SMILES string of the molecule is C#CCOc1ccc(CNC[C@@H](C)O)cc1OCC. The maximum atomic E-state index is 9.18. The summed E-state index contributed by atoms with van der Waals surface area (Å²) in [6.45, 7) is 5.68. The van der Waals surface area contributed by atoms with E-state index in [0.29, 0.717) is 31.2 Å². The first-order valence-corrected chi connectivity index (χ1v) is 6.38. The van der Waals surface area contributed by atoms with Gasteiger partial charge in [0, 0.05) is 13.1 Å². The molecule has 104 valence electrons. The summed E-state index contributed by atoms with van der Waals surface area (Å²) in [5.41, 5.74) is 1.07. The maximum Gasteiger partial charge on any atom is 0.162 e. The third-order valence-electron chi connectivity index (χ3n) is 2.39. The van der Waals surface area contributed by atoms with E-state index in [4.69, 9.17) is 15.9 Å². The van der Waals surface area contributed by atoms with Crippen LogP contribution in [-0.4, -0.2) is 31.0 Å². The third kappa shape index (κ3) is 5.64. The summed E-state index contributed by atoms with van der Waals surface area (Å²) >= 11 is 0. The van der Waals surface area contributed by atoms with E-state index in [1.807, 2.05) is 25.1 Å². The molecule has 0 saturated carbocycles. The highest BCUT2D eigenvalue weighted by atomic mass is 16.5. The zero-order valence-electron chi connectivity index (χ0n) is 11.5. The van der Waals surface area contributed by atoms with Crippen LogP contribution in [0.25, 0.3) is 0 Å². The predicted octanol–water partition coefficient (Wildman–Crippen LogP) is 1.57. The van der Waals surface area contributed by atoms with Gasteiger partial charge in [-0.1, -0.05) is 12.0 Å². The van der Waals surface area contributed by atoms with Crippen LogP contribution in [0.4, 0.5) is 0 Å². The van der Waals surface area contributed by atoms with Crippen LogP contribution in [0.3, 0.4) is 0 Å². The van der Waals surface area contributed by atoms with Crippen LogP contribution in [0.15, 0.2) is 18.2 Å². The number of benzene rings is 1. The van der Waals surface area contributed by atoms with Crippen molar-refractivity contribution in [2.24, 2.45) is 0 Å². The van der Waals surface area contributed by atoms with Crippen LogP contribution in [-0.2, 0) is 6.54 Å². The normalized spacial score (nSPS) is 11.7. The zero-order chi connectivity index (χ0) is 14.1. The van der Waals surface area contributed by atoms with Crippen molar-refractivity contribution in [3.63, 3.8) is 0 Å². The number of aliphatic hydroxyl groups is 1. The first kappa shape index (κ1) is 15.4. The van der Waals surface area contributed by atoms with E-state index in [2.05, 4.69) is 11.2 Å². The van der Waals surface area contributed by atoms with Gasteiger partial charge in [0.25, 0.3) is 0 Å². The lowest BCUT2D eigenvalue weighted by molar-refractivity contribution is 0.191. The highest BCUT2D eigenvalue weighted by Crippen LogP contribution is 2.28. The molecule has 1 aromatic carbocycles. The molecule has 0 aliphatic carbocycles. The summed E-state index contributed by atoms with van der Waals surface area (Å²) in [6, 6.07) is 5.72. The first-order valence-electron chi connectivity index (χ1n) is 6.38. The van der Waals surface area contributed by atoms with Gasteiger partial charge in [-0.15, -0.1) is 6.42 Å². The lowest BCUT2D eigenvalue weighted by Crippen LogP contribution is -2.23. The molecule has 0 heterocycles. The Morgan fingerprint density at radius 1 is 1.37 bits per heavy atom. The summed E-state index contributed by atoms with van der Waals surface area (Å²) in [5, 5.41) is 12.3. The van der Waals surface area contributed by atoms with Crippen molar-refractivity contribution < 1.29 is 14.6 Å². The fraction of sp³-hybridized carbons (Fsp3) is 0.467. The zero-order valence-corrected chi connectivity index (χ0v) is 11.5. The second-order valence-electron chi connectivity index (χ2n) is 4.19. The number of aliphatic hydroxyl groups excluding tert-OH is 1. The second-order valence-corrected chi connectivity index (χ2v) is 4.19. The second kappa shape index (κ2) is 8.41.